The topological polar surface area (TPSA) is 38.7 Å². The standard InChI is InChI=1S/C10H10ClNO2/c1-7-3-4-9(11)8(5-12-6-13)10(7)14-2/h3-4H,5H2,1-2H3. The first kappa shape index (κ1) is 10.8. The summed E-state index contributed by atoms with van der Waals surface area (Å²) in [5, 5.41) is 0.548. The van der Waals surface area contributed by atoms with Crippen molar-refractivity contribution in [3.05, 3.63) is 28.3 Å². The molecule has 0 aliphatic carbocycles. The van der Waals surface area contributed by atoms with Gasteiger partial charge < -0.3 is 4.74 Å². The molecule has 0 N–H and O–H groups in total. The summed E-state index contributed by atoms with van der Waals surface area (Å²) in [5.41, 5.74) is 1.69. The molecule has 0 bridgehead atoms. The van der Waals surface area contributed by atoms with Crippen LogP contribution in [0, 0.1) is 6.92 Å². The number of methoxy groups -OCH3 is 1. The van der Waals surface area contributed by atoms with Crippen LogP contribution in [0.15, 0.2) is 17.1 Å². The van der Waals surface area contributed by atoms with Gasteiger partial charge in [-0.05, 0) is 18.6 Å². The van der Waals surface area contributed by atoms with Crippen LogP contribution in [0.2, 0.25) is 5.02 Å². The van der Waals surface area contributed by atoms with E-state index in [0.29, 0.717) is 10.8 Å². The molecule has 0 saturated carbocycles. The minimum Gasteiger partial charge on any atom is -0.496 e. The molecule has 1 rings (SSSR count). The summed E-state index contributed by atoms with van der Waals surface area (Å²) in [5.74, 6) is 0.677. The first-order valence-corrected chi connectivity index (χ1v) is 4.44. The van der Waals surface area contributed by atoms with Crippen LogP contribution >= 0.6 is 11.6 Å². The molecule has 0 amide bonds. The zero-order valence-corrected chi connectivity index (χ0v) is 8.76. The van der Waals surface area contributed by atoms with E-state index in [0.717, 1.165) is 11.1 Å². The Morgan fingerprint density at radius 3 is 2.86 bits per heavy atom. The molecule has 0 heterocycles. The molecule has 0 spiro atoms. The highest BCUT2D eigenvalue weighted by atomic mass is 35.5. The second kappa shape index (κ2) is 4.80. The molecule has 3 nitrogen and oxygen atoms in total. The molecule has 0 radical (unpaired) electrons. The Bertz CT molecular complexity index is 384. The normalized spacial score (nSPS) is 9.36. The Morgan fingerprint density at radius 1 is 1.57 bits per heavy atom. The molecule has 0 unspecified atom stereocenters. The number of hydrogen-bond acceptors (Lipinski definition) is 3. The second-order valence-electron chi connectivity index (χ2n) is 2.78. The summed E-state index contributed by atoms with van der Waals surface area (Å²) in [4.78, 5) is 13.5. The van der Waals surface area contributed by atoms with Crippen molar-refractivity contribution >= 4 is 17.7 Å². The molecule has 0 aromatic heterocycles. The largest absolute Gasteiger partial charge is 0.496 e. The molecule has 74 valence electrons. The van der Waals surface area contributed by atoms with Crippen LogP contribution in [0.5, 0.6) is 5.75 Å². The highest BCUT2D eigenvalue weighted by Crippen LogP contribution is 2.30. The van der Waals surface area contributed by atoms with Crippen molar-refractivity contribution in [2.45, 2.75) is 13.5 Å². The summed E-state index contributed by atoms with van der Waals surface area (Å²) < 4.78 is 5.18. The van der Waals surface area contributed by atoms with Gasteiger partial charge >= 0.3 is 0 Å². The number of benzene rings is 1. The van der Waals surface area contributed by atoms with Gasteiger partial charge in [-0.15, -0.1) is 0 Å². The highest BCUT2D eigenvalue weighted by Gasteiger charge is 2.09. The second-order valence-corrected chi connectivity index (χ2v) is 3.19. The third-order valence-corrected chi connectivity index (χ3v) is 2.26. The van der Waals surface area contributed by atoms with Gasteiger partial charge in [0.15, 0.2) is 0 Å². The molecule has 0 aliphatic heterocycles. The smallest absolute Gasteiger partial charge is 0.235 e. The van der Waals surface area contributed by atoms with Crippen LogP contribution in [0.4, 0.5) is 0 Å². The molecule has 1 aromatic carbocycles. The van der Waals surface area contributed by atoms with E-state index in [1.54, 1.807) is 13.2 Å². The number of ether oxygens (including phenoxy) is 1. The van der Waals surface area contributed by atoms with Gasteiger partial charge in [-0.25, -0.2) is 9.79 Å². The van der Waals surface area contributed by atoms with Crippen LogP contribution in [0.25, 0.3) is 0 Å². The van der Waals surface area contributed by atoms with Gasteiger partial charge in [0.05, 0.1) is 13.7 Å². The molecule has 0 atom stereocenters. The van der Waals surface area contributed by atoms with E-state index >= 15 is 0 Å². The Morgan fingerprint density at radius 2 is 2.29 bits per heavy atom. The van der Waals surface area contributed by atoms with Gasteiger partial charge in [-0.3, -0.25) is 0 Å². The number of carbonyl (C=O) groups excluding carboxylic acids is 1. The number of rotatable bonds is 3. The van der Waals surface area contributed by atoms with E-state index in [1.807, 2.05) is 13.0 Å². The maximum absolute atomic E-state index is 10.00. The highest BCUT2D eigenvalue weighted by molar-refractivity contribution is 6.31. The van der Waals surface area contributed by atoms with E-state index < -0.39 is 0 Å². The van der Waals surface area contributed by atoms with Crippen LogP contribution in [-0.2, 0) is 11.3 Å². The van der Waals surface area contributed by atoms with Gasteiger partial charge in [0.2, 0.25) is 6.08 Å². The average molecular weight is 212 g/mol. The summed E-state index contributed by atoms with van der Waals surface area (Å²) >= 11 is 5.95. The summed E-state index contributed by atoms with van der Waals surface area (Å²) in [6.45, 7) is 2.11. The molecular formula is C10H10ClNO2. The molecule has 0 saturated heterocycles. The predicted octanol–water partition coefficient (Wildman–Crippen LogP) is 2.49. The lowest BCUT2D eigenvalue weighted by Crippen LogP contribution is -1.94. The number of hydrogen-bond donors (Lipinski definition) is 0. The van der Waals surface area contributed by atoms with Crippen LogP contribution in [0.3, 0.4) is 0 Å². The van der Waals surface area contributed by atoms with Crippen molar-refractivity contribution in [1.82, 2.24) is 0 Å². The first-order chi connectivity index (χ1) is 6.70. The van der Waals surface area contributed by atoms with E-state index in [1.165, 1.54) is 6.08 Å². The van der Waals surface area contributed by atoms with Crippen LogP contribution in [0.1, 0.15) is 11.1 Å². The SMILES string of the molecule is COc1c(C)ccc(Cl)c1CN=C=O. The van der Waals surface area contributed by atoms with Crippen molar-refractivity contribution in [3.8, 4) is 5.75 Å². The molecule has 1 aromatic rings. The van der Waals surface area contributed by atoms with Crippen molar-refractivity contribution in [2.24, 2.45) is 4.99 Å². The molecule has 14 heavy (non-hydrogen) atoms. The van der Waals surface area contributed by atoms with Gasteiger partial charge in [0, 0.05) is 10.6 Å². The zero-order valence-electron chi connectivity index (χ0n) is 8.00. The van der Waals surface area contributed by atoms with Crippen molar-refractivity contribution in [3.63, 3.8) is 0 Å². The number of isocyanates is 1. The van der Waals surface area contributed by atoms with Gasteiger partial charge in [-0.1, -0.05) is 17.7 Å². The number of aliphatic imine (C=N–C) groups is 1. The van der Waals surface area contributed by atoms with E-state index in [9.17, 15) is 4.79 Å². The van der Waals surface area contributed by atoms with E-state index in [2.05, 4.69) is 4.99 Å². The summed E-state index contributed by atoms with van der Waals surface area (Å²) in [6, 6.07) is 3.62. The van der Waals surface area contributed by atoms with E-state index in [4.69, 9.17) is 16.3 Å². The third kappa shape index (κ3) is 2.13. The lowest BCUT2D eigenvalue weighted by Gasteiger charge is -2.10. The van der Waals surface area contributed by atoms with Crippen molar-refractivity contribution < 1.29 is 9.53 Å². The lowest BCUT2D eigenvalue weighted by molar-refractivity contribution is 0.407. The minimum absolute atomic E-state index is 0.202. The van der Waals surface area contributed by atoms with E-state index in [-0.39, 0.29) is 6.54 Å². The molecular weight excluding hydrogens is 202 g/mol. The maximum Gasteiger partial charge on any atom is 0.235 e. The Balaban J connectivity index is 3.21. The molecule has 0 aliphatic rings. The molecule has 0 fully saturated rings. The molecule has 4 heteroatoms. The fraction of sp³-hybridized carbons (Fsp3) is 0.300. The number of nitrogens with zero attached hydrogens (tertiary/aromatic N) is 1. The minimum atomic E-state index is 0.202. The first-order valence-electron chi connectivity index (χ1n) is 4.06. The zero-order chi connectivity index (χ0) is 10.6. The Hall–Kier alpha value is -1.31. The van der Waals surface area contributed by atoms with Gasteiger partial charge in [0.25, 0.3) is 0 Å². The Kier molecular flexibility index (Phi) is 3.69. The van der Waals surface area contributed by atoms with Crippen LogP contribution < -0.4 is 4.74 Å². The third-order valence-electron chi connectivity index (χ3n) is 1.91. The lowest BCUT2D eigenvalue weighted by atomic mass is 10.1. The van der Waals surface area contributed by atoms with Crippen molar-refractivity contribution in [2.75, 3.05) is 7.11 Å². The Labute approximate surface area is 87.4 Å². The quantitative estimate of drug-likeness (QED) is 0.569. The van der Waals surface area contributed by atoms with Gasteiger partial charge in [0.1, 0.15) is 5.75 Å². The predicted molar refractivity (Wildman–Crippen MR) is 54.6 cm³/mol. The summed E-state index contributed by atoms with van der Waals surface area (Å²) in [7, 11) is 1.56. The van der Waals surface area contributed by atoms with Crippen molar-refractivity contribution in [1.29, 1.82) is 0 Å². The monoisotopic (exact) mass is 211 g/mol. The number of aryl methyl sites for hydroxylation is 1. The fourth-order valence-electron chi connectivity index (χ4n) is 1.26. The maximum atomic E-state index is 10.00. The number of halogens is 1. The van der Waals surface area contributed by atoms with Gasteiger partial charge in [-0.2, -0.15) is 0 Å². The average Bonchev–Trinajstić information content (AvgIpc) is 2.19. The fourth-order valence-corrected chi connectivity index (χ4v) is 1.47. The summed E-state index contributed by atoms with van der Waals surface area (Å²) in [6.07, 6.45) is 1.47. The van der Waals surface area contributed by atoms with Crippen LogP contribution in [-0.4, -0.2) is 13.2 Å².